The molecule has 0 unspecified atom stereocenters. The van der Waals surface area contributed by atoms with Gasteiger partial charge in [0.1, 0.15) is 23.5 Å². The Hall–Kier alpha value is -3.12. The van der Waals surface area contributed by atoms with E-state index in [0.717, 1.165) is 11.1 Å². The van der Waals surface area contributed by atoms with Crippen LogP contribution in [-0.2, 0) is 0 Å². The lowest BCUT2D eigenvalue weighted by Gasteiger charge is -2.37. The fraction of sp³-hybridized carbons (Fsp3) is 0.208. The quantitative estimate of drug-likeness (QED) is 0.701. The molecule has 30 heavy (non-hydrogen) atoms. The zero-order valence-corrected chi connectivity index (χ0v) is 16.3. The van der Waals surface area contributed by atoms with Crippen molar-refractivity contribution in [2.75, 3.05) is 26.2 Å². The Balaban J connectivity index is 1.55. The Kier molecular flexibility index (Phi) is 5.86. The van der Waals surface area contributed by atoms with E-state index in [-0.39, 0.29) is 29.1 Å². The molecular formula is C24H22F3N2O+. The smallest absolute Gasteiger partial charge is 0.257 e. The van der Waals surface area contributed by atoms with Gasteiger partial charge in [0, 0.05) is 11.1 Å². The lowest BCUT2D eigenvalue weighted by Crippen LogP contribution is -3.15. The summed E-state index contributed by atoms with van der Waals surface area (Å²) >= 11 is 0. The molecule has 1 heterocycles. The molecule has 0 aromatic heterocycles. The minimum absolute atomic E-state index is 0.0783. The molecule has 1 aliphatic heterocycles. The molecule has 0 radical (unpaired) electrons. The van der Waals surface area contributed by atoms with Crippen molar-refractivity contribution in [3.63, 3.8) is 0 Å². The molecule has 0 aliphatic carbocycles. The van der Waals surface area contributed by atoms with Gasteiger partial charge in [-0.25, -0.2) is 13.2 Å². The number of hydrogen-bond donors (Lipinski definition) is 1. The van der Waals surface area contributed by atoms with E-state index in [0.29, 0.717) is 26.2 Å². The van der Waals surface area contributed by atoms with E-state index < -0.39 is 5.82 Å². The van der Waals surface area contributed by atoms with Crippen molar-refractivity contribution >= 4 is 5.91 Å². The van der Waals surface area contributed by atoms with Gasteiger partial charge in [-0.3, -0.25) is 4.79 Å². The second-order valence-electron chi connectivity index (χ2n) is 7.47. The van der Waals surface area contributed by atoms with E-state index in [1.807, 2.05) is 0 Å². The van der Waals surface area contributed by atoms with Gasteiger partial charge < -0.3 is 9.80 Å². The van der Waals surface area contributed by atoms with Gasteiger partial charge in [0.05, 0.1) is 31.7 Å². The van der Waals surface area contributed by atoms with E-state index in [9.17, 15) is 18.0 Å². The fourth-order valence-corrected chi connectivity index (χ4v) is 4.07. The zero-order chi connectivity index (χ0) is 21.1. The molecule has 3 aromatic carbocycles. The van der Waals surface area contributed by atoms with E-state index in [2.05, 4.69) is 0 Å². The van der Waals surface area contributed by atoms with Crippen molar-refractivity contribution in [1.29, 1.82) is 0 Å². The third kappa shape index (κ3) is 4.24. The number of hydrogen-bond acceptors (Lipinski definition) is 1. The Bertz CT molecular complexity index is 968. The molecular weight excluding hydrogens is 389 g/mol. The number of benzene rings is 3. The standard InChI is InChI=1S/C24H21F3N2O/c25-19-9-5-17(6-10-19)23(18-7-11-20(26)12-8-18)28-13-15-29(16-14-28)24(30)21-3-1-2-4-22(21)27/h1-12,23H,13-16H2/p+1. The van der Waals surface area contributed by atoms with E-state index in [4.69, 9.17) is 0 Å². The van der Waals surface area contributed by atoms with Crippen LogP contribution >= 0.6 is 0 Å². The molecule has 4 rings (SSSR count). The van der Waals surface area contributed by atoms with E-state index >= 15 is 0 Å². The van der Waals surface area contributed by atoms with Crippen LogP contribution in [0.15, 0.2) is 72.8 Å². The second-order valence-corrected chi connectivity index (χ2v) is 7.47. The molecule has 1 aliphatic rings. The first-order valence-corrected chi connectivity index (χ1v) is 9.92. The van der Waals surface area contributed by atoms with Gasteiger partial charge in [0.25, 0.3) is 5.91 Å². The van der Waals surface area contributed by atoms with Crippen LogP contribution in [0.2, 0.25) is 0 Å². The van der Waals surface area contributed by atoms with Crippen LogP contribution in [0.25, 0.3) is 0 Å². The van der Waals surface area contributed by atoms with Crippen LogP contribution in [0.3, 0.4) is 0 Å². The molecule has 1 amide bonds. The van der Waals surface area contributed by atoms with Gasteiger partial charge in [0.15, 0.2) is 0 Å². The number of halogens is 3. The maximum absolute atomic E-state index is 14.0. The summed E-state index contributed by atoms with van der Waals surface area (Å²) in [5, 5.41) is 0. The summed E-state index contributed by atoms with van der Waals surface area (Å²) in [6, 6.07) is 18.5. The number of amides is 1. The molecule has 3 aromatic rings. The number of carbonyl (C=O) groups is 1. The predicted molar refractivity (Wildman–Crippen MR) is 108 cm³/mol. The first-order chi connectivity index (χ1) is 14.5. The topological polar surface area (TPSA) is 24.8 Å². The maximum Gasteiger partial charge on any atom is 0.257 e. The molecule has 0 atom stereocenters. The lowest BCUT2D eigenvalue weighted by atomic mass is 9.96. The Labute approximate surface area is 173 Å². The Morgan fingerprint density at radius 2 is 1.27 bits per heavy atom. The monoisotopic (exact) mass is 411 g/mol. The van der Waals surface area contributed by atoms with Crippen LogP contribution in [-0.4, -0.2) is 37.0 Å². The molecule has 0 saturated carbocycles. The van der Waals surface area contributed by atoms with Gasteiger partial charge in [-0.15, -0.1) is 0 Å². The molecule has 1 fully saturated rings. The summed E-state index contributed by atoms with van der Waals surface area (Å²) in [5.74, 6) is -1.46. The minimum atomic E-state index is -0.521. The van der Waals surface area contributed by atoms with E-state index in [1.165, 1.54) is 41.3 Å². The summed E-state index contributed by atoms with van der Waals surface area (Å²) in [6.07, 6.45) is 0. The van der Waals surface area contributed by atoms with Crippen LogP contribution in [0.4, 0.5) is 13.2 Å². The average Bonchev–Trinajstić information content (AvgIpc) is 2.77. The number of nitrogens with one attached hydrogen (secondary N) is 1. The predicted octanol–water partition coefficient (Wildman–Crippen LogP) is 3.23. The van der Waals surface area contributed by atoms with Gasteiger partial charge in [-0.2, -0.15) is 0 Å². The summed E-state index contributed by atoms with van der Waals surface area (Å²) in [5.41, 5.74) is 1.92. The maximum atomic E-state index is 14.0. The normalized spacial score (nSPS) is 14.9. The number of quaternary nitrogens is 1. The molecule has 0 spiro atoms. The Morgan fingerprint density at radius 1 is 0.767 bits per heavy atom. The van der Waals surface area contributed by atoms with Crippen LogP contribution in [0.1, 0.15) is 27.5 Å². The lowest BCUT2D eigenvalue weighted by molar-refractivity contribution is -0.929. The Morgan fingerprint density at radius 3 is 1.77 bits per heavy atom. The van der Waals surface area contributed by atoms with Gasteiger partial charge in [-0.1, -0.05) is 12.1 Å². The highest BCUT2D eigenvalue weighted by molar-refractivity contribution is 5.94. The minimum Gasteiger partial charge on any atom is -0.327 e. The number of carbonyl (C=O) groups excluding carboxylic acids is 1. The first kappa shape index (κ1) is 20.2. The van der Waals surface area contributed by atoms with Gasteiger partial charge >= 0.3 is 0 Å². The van der Waals surface area contributed by atoms with Gasteiger partial charge in [0.2, 0.25) is 0 Å². The number of nitrogens with zero attached hydrogens (tertiary/aromatic N) is 1. The SMILES string of the molecule is O=C(c1ccccc1F)N1CC[NH+](C(c2ccc(F)cc2)c2ccc(F)cc2)CC1. The summed E-state index contributed by atoms with van der Waals surface area (Å²) < 4.78 is 40.9. The molecule has 1 N–H and O–H groups in total. The third-order valence-electron chi connectivity index (χ3n) is 5.61. The highest BCUT2D eigenvalue weighted by Gasteiger charge is 2.32. The molecule has 0 bridgehead atoms. The van der Waals surface area contributed by atoms with Crippen LogP contribution < -0.4 is 4.90 Å². The van der Waals surface area contributed by atoms with Crippen molar-refractivity contribution in [1.82, 2.24) is 4.90 Å². The third-order valence-corrected chi connectivity index (χ3v) is 5.61. The fourth-order valence-electron chi connectivity index (χ4n) is 4.07. The largest absolute Gasteiger partial charge is 0.327 e. The van der Waals surface area contributed by atoms with Crippen LogP contribution in [0.5, 0.6) is 0 Å². The van der Waals surface area contributed by atoms with Crippen molar-refractivity contribution in [2.24, 2.45) is 0 Å². The highest BCUT2D eigenvalue weighted by Crippen LogP contribution is 2.21. The van der Waals surface area contributed by atoms with Crippen molar-refractivity contribution < 1.29 is 22.9 Å². The summed E-state index contributed by atoms with van der Waals surface area (Å²) in [4.78, 5) is 15.6. The zero-order valence-electron chi connectivity index (χ0n) is 16.3. The van der Waals surface area contributed by atoms with Crippen molar-refractivity contribution in [3.05, 3.63) is 107 Å². The van der Waals surface area contributed by atoms with Crippen LogP contribution in [0, 0.1) is 17.5 Å². The number of rotatable bonds is 4. The average molecular weight is 411 g/mol. The summed E-state index contributed by atoms with van der Waals surface area (Å²) in [6.45, 7) is 2.22. The highest BCUT2D eigenvalue weighted by atomic mass is 19.1. The molecule has 3 nitrogen and oxygen atoms in total. The molecule has 6 heteroatoms. The molecule has 154 valence electrons. The number of piperazine rings is 1. The van der Waals surface area contributed by atoms with Crippen molar-refractivity contribution in [3.8, 4) is 0 Å². The van der Waals surface area contributed by atoms with Gasteiger partial charge in [-0.05, 0) is 60.7 Å². The second kappa shape index (κ2) is 8.71. The first-order valence-electron chi connectivity index (χ1n) is 9.92. The molecule has 1 saturated heterocycles. The van der Waals surface area contributed by atoms with E-state index in [1.54, 1.807) is 41.3 Å². The summed E-state index contributed by atoms with van der Waals surface area (Å²) in [7, 11) is 0. The van der Waals surface area contributed by atoms with Crippen molar-refractivity contribution in [2.45, 2.75) is 6.04 Å².